The predicted octanol–water partition coefficient (Wildman–Crippen LogP) is 3.66. The van der Waals surface area contributed by atoms with Crippen LogP contribution < -0.4 is 15.4 Å². The van der Waals surface area contributed by atoms with Crippen molar-refractivity contribution in [1.82, 2.24) is 10.1 Å². The largest absolute Gasteiger partial charge is 0.494 e. The Bertz CT molecular complexity index is 842. The van der Waals surface area contributed by atoms with Gasteiger partial charge >= 0.3 is 5.92 Å². The number of hydrogen-bond donors (Lipinski definition) is 1. The number of amides is 1. The van der Waals surface area contributed by atoms with Gasteiger partial charge in [-0.25, -0.2) is 0 Å². The summed E-state index contributed by atoms with van der Waals surface area (Å²) in [7, 11) is 0. The third-order valence-electron chi connectivity index (χ3n) is 5.18. The van der Waals surface area contributed by atoms with Crippen LogP contribution in [0.1, 0.15) is 54.4 Å². The van der Waals surface area contributed by atoms with E-state index in [0.29, 0.717) is 31.2 Å². The summed E-state index contributed by atoms with van der Waals surface area (Å²) in [5.74, 6) is -2.71. The number of primary amides is 1. The van der Waals surface area contributed by atoms with E-state index in [-0.39, 0.29) is 5.95 Å². The molecule has 0 atom stereocenters. The molecule has 1 aliphatic heterocycles. The van der Waals surface area contributed by atoms with Crippen LogP contribution in [0.15, 0.2) is 22.7 Å². The van der Waals surface area contributed by atoms with E-state index in [0.717, 1.165) is 43.9 Å². The summed E-state index contributed by atoms with van der Waals surface area (Å²) in [6.45, 7) is 4.59. The Morgan fingerprint density at radius 2 is 2.10 bits per heavy atom. The highest BCUT2D eigenvalue weighted by atomic mass is 19.3. The standard InChI is InChI=1S/C20H26F2N4O3/c1-13-12-15(5-6-16(13)17(23)27)28-11-3-4-14-7-9-26(10-8-14)19-24-18(29-25-19)20(2,21)22/h5-6,12,14H,3-4,7-11H2,1-2H3,(H2,23,27). The first kappa shape index (κ1) is 21.0. The van der Waals surface area contributed by atoms with Gasteiger partial charge in [-0.1, -0.05) is 0 Å². The van der Waals surface area contributed by atoms with Gasteiger partial charge < -0.3 is 19.9 Å². The maximum Gasteiger partial charge on any atom is 0.322 e. The lowest BCUT2D eigenvalue weighted by Gasteiger charge is -2.30. The van der Waals surface area contributed by atoms with Gasteiger partial charge in [-0.05, 0) is 67.4 Å². The first-order valence-electron chi connectivity index (χ1n) is 9.74. The summed E-state index contributed by atoms with van der Waals surface area (Å²) in [5.41, 5.74) is 6.61. The predicted molar refractivity (Wildman–Crippen MR) is 103 cm³/mol. The fourth-order valence-corrected chi connectivity index (χ4v) is 3.51. The first-order chi connectivity index (χ1) is 13.7. The van der Waals surface area contributed by atoms with E-state index < -0.39 is 17.7 Å². The zero-order valence-corrected chi connectivity index (χ0v) is 16.7. The number of ether oxygens (including phenoxy) is 1. The topological polar surface area (TPSA) is 94.5 Å². The molecule has 1 aliphatic rings. The quantitative estimate of drug-likeness (QED) is 0.670. The SMILES string of the molecule is Cc1cc(OCCCC2CCN(c3noc(C(C)(F)F)n3)CC2)ccc1C(N)=O. The second kappa shape index (κ2) is 8.75. The average Bonchev–Trinajstić information content (AvgIpc) is 3.16. The lowest BCUT2D eigenvalue weighted by atomic mass is 9.92. The van der Waals surface area contributed by atoms with E-state index >= 15 is 0 Å². The Balaban J connectivity index is 1.39. The monoisotopic (exact) mass is 408 g/mol. The number of carbonyl (C=O) groups is 1. The number of aryl methyl sites for hydroxylation is 1. The molecule has 2 N–H and O–H groups in total. The Labute approximate surface area is 168 Å². The molecule has 1 fully saturated rings. The number of benzene rings is 1. The zero-order chi connectivity index (χ0) is 21.0. The number of nitrogens with two attached hydrogens (primary N) is 1. The van der Waals surface area contributed by atoms with Gasteiger partial charge in [-0.15, -0.1) is 0 Å². The number of hydrogen-bond acceptors (Lipinski definition) is 6. The van der Waals surface area contributed by atoms with E-state index in [1.165, 1.54) is 0 Å². The molecule has 9 heteroatoms. The van der Waals surface area contributed by atoms with Gasteiger partial charge in [0, 0.05) is 25.6 Å². The first-order valence-corrected chi connectivity index (χ1v) is 9.74. The molecule has 0 radical (unpaired) electrons. The highest BCUT2D eigenvalue weighted by Crippen LogP contribution is 2.29. The molecule has 29 heavy (non-hydrogen) atoms. The lowest BCUT2D eigenvalue weighted by molar-refractivity contribution is -0.0158. The minimum atomic E-state index is -3.12. The van der Waals surface area contributed by atoms with Crippen LogP contribution in [0.4, 0.5) is 14.7 Å². The summed E-state index contributed by atoms with van der Waals surface area (Å²) < 4.78 is 36.9. The molecule has 0 bridgehead atoms. The van der Waals surface area contributed by atoms with E-state index in [2.05, 4.69) is 14.7 Å². The van der Waals surface area contributed by atoms with Crippen LogP contribution in [0, 0.1) is 12.8 Å². The zero-order valence-electron chi connectivity index (χ0n) is 16.7. The van der Waals surface area contributed by atoms with Crippen LogP contribution in [0.3, 0.4) is 0 Å². The molecule has 2 aromatic rings. The van der Waals surface area contributed by atoms with Crippen molar-refractivity contribution >= 4 is 11.9 Å². The number of carbonyl (C=O) groups excluding carboxylic acids is 1. The summed E-state index contributed by atoms with van der Waals surface area (Å²) in [6, 6.07) is 5.25. The molecule has 1 amide bonds. The van der Waals surface area contributed by atoms with E-state index in [1.807, 2.05) is 17.9 Å². The Morgan fingerprint density at radius 3 is 2.69 bits per heavy atom. The Kier molecular flexibility index (Phi) is 6.34. The molecule has 1 saturated heterocycles. The summed E-state index contributed by atoms with van der Waals surface area (Å²) in [4.78, 5) is 17.0. The van der Waals surface area contributed by atoms with Crippen LogP contribution in [-0.2, 0) is 5.92 Å². The third kappa shape index (κ3) is 5.42. The van der Waals surface area contributed by atoms with Crippen LogP contribution in [0.25, 0.3) is 0 Å². The molecule has 0 aliphatic carbocycles. The highest BCUT2D eigenvalue weighted by molar-refractivity contribution is 5.94. The van der Waals surface area contributed by atoms with Crippen molar-refractivity contribution in [3.8, 4) is 5.75 Å². The van der Waals surface area contributed by atoms with Gasteiger partial charge in [-0.3, -0.25) is 4.79 Å². The highest BCUT2D eigenvalue weighted by Gasteiger charge is 2.33. The van der Waals surface area contributed by atoms with Crippen LogP contribution >= 0.6 is 0 Å². The Hall–Kier alpha value is -2.71. The molecular weight excluding hydrogens is 382 g/mol. The van der Waals surface area contributed by atoms with E-state index in [1.54, 1.807) is 12.1 Å². The summed E-state index contributed by atoms with van der Waals surface area (Å²) >= 11 is 0. The van der Waals surface area contributed by atoms with Crippen molar-refractivity contribution in [1.29, 1.82) is 0 Å². The smallest absolute Gasteiger partial charge is 0.322 e. The van der Waals surface area contributed by atoms with Crippen molar-refractivity contribution in [2.45, 2.75) is 45.5 Å². The number of piperidine rings is 1. The van der Waals surface area contributed by atoms with Gasteiger partial charge in [0.2, 0.25) is 5.91 Å². The van der Waals surface area contributed by atoms with Crippen molar-refractivity contribution < 1.29 is 22.8 Å². The second-order valence-corrected chi connectivity index (χ2v) is 7.55. The van der Waals surface area contributed by atoms with E-state index in [4.69, 9.17) is 10.5 Å². The normalized spacial score (nSPS) is 15.5. The fraction of sp³-hybridized carbons (Fsp3) is 0.550. The maximum absolute atomic E-state index is 13.2. The van der Waals surface area contributed by atoms with Crippen molar-refractivity contribution in [2.75, 3.05) is 24.6 Å². The molecule has 3 rings (SSSR count). The van der Waals surface area contributed by atoms with Gasteiger partial charge in [-0.2, -0.15) is 13.8 Å². The number of anilines is 1. The summed E-state index contributed by atoms with van der Waals surface area (Å²) in [6.07, 6.45) is 3.82. The molecule has 2 heterocycles. The van der Waals surface area contributed by atoms with Crippen molar-refractivity contribution in [2.24, 2.45) is 11.7 Å². The molecule has 7 nitrogen and oxygen atoms in total. The van der Waals surface area contributed by atoms with Crippen LogP contribution in [0.5, 0.6) is 5.75 Å². The van der Waals surface area contributed by atoms with Crippen LogP contribution in [-0.4, -0.2) is 35.7 Å². The average molecular weight is 408 g/mol. The molecular formula is C20H26F2N4O3. The molecule has 0 spiro atoms. The molecule has 0 unspecified atom stereocenters. The number of alkyl halides is 2. The molecule has 0 saturated carbocycles. The Morgan fingerprint density at radius 1 is 1.38 bits per heavy atom. The minimum absolute atomic E-state index is 0.234. The number of halogens is 2. The van der Waals surface area contributed by atoms with Crippen molar-refractivity contribution in [3.05, 3.63) is 35.2 Å². The number of rotatable bonds is 8. The molecule has 1 aromatic heterocycles. The lowest BCUT2D eigenvalue weighted by Crippen LogP contribution is -2.34. The van der Waals surface area contributed by atoms with Crippen LogP contribution in [0.2, 0.25) is 0 Å². The van der Waals surface area contributed by atoms with Gasteiger partial charge in [0.15, 0.2) is 0 Å². The van der Waals surface area contributed by atoms with Gasteiger partial charge in [0.25, 0.3) is 11.8 Å². The number of aromatic nitrogens is 2. The van der Waals surface area contributed by atoms with Gasteiger partial charge in [0.05, 0.1) is 6.61 Å². The van der Waals surface area contributed by atoms with Crippen molar-refractivity contribution in [3.63, 3.8) is 0 Å². The number of nitrogens with zero attached hydrogens (tertiary/aromatic N) is 3. The third-order valence-corrected chi connectivity index (χ3v) is 5.18. The molecule has 158 valence electrons. The van der Waals surface area contributed by atoms with Gasteiger partial charge in [0.1, 0.15) is 5.75 Å². The second-order valence-electron chi connectivity index (χ2n) is 7.55. The van der Waals surface area contributed by atoms with E-state index in [9.17, 15) is 13.6 Å². The fourth-order valence-electron chi connectivity index (χ4n) is 3.51. The summed E-state index contributed by atoms with van der Waals surface area (Å²) in [5, 5.41) is 3.68. The molecule has 1 aromatic carbocycles. The maximum atomic E-state index is 13.2. The minimum Gasteiger partial charge on any atom is -0.494 e.